The third-order valence-electron chi connectivity index (χ3n) is 7.89. The fourth-order valence-corrected chi connectivity index (χ4v) is 10.5. The van der Waals surface area contributed by atoms with Gasteiger partial charge in [0.05, 0.1) is 0 Å². The van der Waals surface area contributed by atoms with Gasteiger partial charge in [0.25, 0.3) is 8.32 Å². The van der Waals surface area contributed by atoms with E-state index < -0.39 is 67.9 Å². The molecule has 2 N–H and O–H groups in total. The first-order valence-electron chi connectivity index (χ1n) is 15.6. The van der Waals surface area contributed by atoms with E-state index in [1.54, 1.807) is 6.92 Å². The second-order valence-electron chi connectivity index (χ2n) is 12.3. The first-order chi connectivity index (χ1) is 20.9. The largest absolute Gasteiger partial charge is 0.455 e. The minimum absolute atomic E-state index is 0.0528. The zero-order chi connectivity index (χ0) is 32.5. The summed E-state index contributed by atoms with van der Waals surface area (Å²) in [5, 5.41) is 24.5. The number of carbonyl (C=O) groups is 3. The van der Waals surface area contributed by atoms with E-state index in [-0.39, 0.29) is 19.3 Å². The van der Waals surface area contributed by atoms with Gasteiger partial charge < -0.3 is 28.8 Å². The number of hydrogen-bond acceptors (Lipinski definition) is 9. The summed E-state index contributed by atoms with van der Waals surface area (Å²) in [5.41, 5.74) is 0. The molecular weight excluding hydrogens is 580 g/mol. The van der Waals surface area contributed by atoms with E-state index in [1.165, 1.54) is 0 Å². The van der Waals surface area contributed by atoms with Crippen molar-refractivity contribution in [2.75, 3.05) is 0 Å². The lowest BCUT2D eigenvalue weighted by molar-refractivity contribution is -0.245. The molecule has 0 aromatic heterocycles. The zero-order valence-corrected chi connectivity index (χ0v) is 27.7. The lowest BCUT2D eigenvalue weighted by Crippen LogP contribution is -2.74. The van der Waals surface area contributed by atoms with E-state index in [0.717, 1.165) is 10.4 Å². The van der Waals surface area contributed by atoms with Gasteiger partial charge in [0.1, 0.15) is 18.3 Å². The van der Waals surface area contributed by atoms with Crippen LogP contribution in [0.2, 0.25) is 5.04 Å². The molecule has 0 spiro atoms. The molecule has 0 radical (unpaired) electrons. The normalized spacial score (nSPS) is 23.9. The molecule has 0 amide bonds. The summed E-state index contributed by atoms with van der Waals surface area (Å²) in [6.07, 6.45) is -7.33. The average molecular weight is 629 g/mol. The second-order valence-corrected chi connectivity index (χ2v) is 16.6. The van der Waals surface area contributed by atoms with E-state index in [0.29, 0.717) is 19.3 Å². The lowest BCUT2D eigenvalue weighted by Gasteiger charge is -2.51. The van der Waals surface area contributed by atoms with E-state index in [1.807, 2.05) is 74.5 Å². The second kappa shape index (κ2) is 15.8. The van der Waals surface area contributed by atoms with Gasteiger partial charge >= 0.3 is 17.9 Å². The SMILES string of the molecule is CCCC(=O)O[C@@H]1[C@@H](OC(=O)CCC)[C@H](OC(=O)CCC)[C@@H](O)[C@@H](O)[C@H]1O[Si](c1ccccc1)(c1ccccc1)C(C)(C)C. The minimum atomic E-state index is -3.38. The fourth-order valence-electron chi connectivity index (χ4n) is 5.83. The maximum Gasteiger partial charge on any atom is 0.306 e. The molecule has 2 aromatic rings. The molecule has 1 aliphatic rings. The topological polar surface area (TPSA) is 129 Å². The number of esters is 3. The Morgan fingerprint density at radius 1 is 0.614 bits per heavy atom. The number of rotatable bonds is 13. The number of ether oxygens (including phenoxy) is 3. The van der Waals surface area contributed by atoms with Crippen molar-refractivity contribution in [1.29, 1.82) is 0 Å². The molecular formula is C34H48O9Si. The number of hydrogen-bond donors (Lipinski definition) is 2. The maximum atomic E-state index is 13.1. The van der Waals surface area contributed by atoms with Crippen LogP contribution in [-0.4, -0.2) is 73.1 Å². The van der Waals surface area contributed by atoms with E-state index in [9.17, 15) is 24.6 Å². The van der Waals surface area contributed by atoms with E-state index in [2.05, 4.69) is 20.8 Å². The summed E-state index contributed by atoms with van der Waals surface area (Å²) in [5.74, 6) is -1.84. The molecule has 0 aliphatic heterocycles. The Hall–Kier alpha value is -3.05. The third-order valence-corrected chi connectivity index (χ3v) is 12.9. The molecule has 1 fully saturated rings. The Morgan fingerprint density at radius 3 is 1.32 bits per heavy atom. The smallest absolute Gasteiger partial charge is 0.306 e. The van der Waals surface area contributed by atoms with Gasteiger partial charge in [0.15, 0.2) is 18.3 Å². The summed E-state index contributed by atoms with van der Waals surface area (Å²) in [6.45, 7) is 11.6. The van der Waals surface area contributed by atoms with Crippen LogP contribution in [-0.2, 0) is 33.0 Å². The highest BCUT2D eigenvalue weighted by Crippen LogP contribution is 2.41. The summed E-state index contributed by atoms with van der Waals surface area (Å²) >= 11 is 0. The van der Waals surface area contributed by atoms with Crippen molar-refractivity contribution in [2.45, 2.75) is 122 Å². The summed E-state index contributed by atoms with van der Waals surface area (Å²) < 4.78 is 24.6. The van der Waals surface area contributed by atoms with Crippen LogP contribution in [0, 0.1) is 0 Å². The van der Waals surface area contributed by atoms with Crippen molar-refractivity contribution >= 4 is 36.6 Å². The summed E-state index contributed by atoms with van der Waals surface area (Å²) in [7, 11) is -3.38. The van der Waals surface area contributed by atoms with Crippen LogP contribution in [0.5, 0.6) is 0 Å². The molecule has 2 aromatic carbocycles. The first kappa shape index (κ1) is 35.4. The van der Waals surface area contributed by atoms with Gasteiger partial charge in [-0.3, -0.25) is 14.4 Å². The van der Waals surface area contributed by atoms with Crippen molar-refractivity contribution in [3.8, 4) is 0 Å². The molecule has 44 heavy (non-hydrogen) atoms. The molecule has 0 saturated heterocycles. The van der Waals surface area contributed by atoms with Gasteiger partial charge in [0.2, 0.25) is 0 Å². The van der Waals surface area contributed by atoms with E-state index >= 15 is 0 Å². The Bertz CT molecular complexity index is 1170. The van der Waals surface area contributed by atoms with Crippen LogP contribution < -0.4 is 10.4 Å². The van der Waals surface area contributed by atoms with Crippen LogP contribution >= 0.6 is 0 Å². The van der Waals surface area contributed by atoms with Gasteiger partial charge in [-0.15, -0.1) is 0 Å². The molecule has 1 aliphatic carbocycles. The molecule has 10 heteroatoms. The average Bonchev–Trinajstić information content (AvgIpc) is 2.98. The fraction of sp³-hybridized carbons (Fsp3) is 0.559. The molecule has 6 atom stereocenters. The van der Waals surface area contributed by atoms with Crippen molar-refractivity contribution in [2.24, 2.45) is 0 Å². The van der Waals surface area contributed by atoms with Gasteiger partial charge in [0, 0.05) is 19.3 Å². The molecule has 1 saturated carbocycles. The molecule has 9 nitrogen and oxygen atoms in total. The van der Waals surface area contributed by atoms with Crippen molar-refractivity contribution < 1.29 is 43.2 Å². The quantitative estimate of drug-likeness (QED) is 0.193. The van der Waals surface area contributed by atoms with Crippen molar-refractivity contribution in [1.82, 2.24) is 0 Å². The Morgan fingerprint density at radius 2 is 0.955 bits per heavy atom. The predicted octanol–water partition coefficient (Wildman–Crippen LogP) is 3.80. The predicted molar refractivity (Wildman–Crippen MR) is 169 cm³/mol. The summed E-state index contributed by atoms with van der Waals surface area (Å²) in [6, 6.07) is 19.4. The summed E-state index contributed by atoms with van der Waals surface area (Å²) in [4.78, 5) is 38.7. The number of carbonyl (C=O) groups excluding carboxylic acids is 3. The highest BCUT2D eigenvalue weighted by atomic mass is 28.4. The number of aliphatic hydroxyl groups excluding tert-OH is 2. The Balaban J connectivity index is 2.25. The Labute approximate surface area is 262 Å². The maximum absolute atomic E-state index is 13.1. The zero-order valence-electron chi connectivity index (χ0n) is 26.7. The number of aliphatic hydroxyl groups is 2. The molecule has 3 rings (SSSR count). The highest BCUT2D eigenvalue weighted by Gasteiger charge is 2.60. The number of benzene rings is 2. The molecule has 0 unspecified atom stereocenters. The van der Waals surface area contributed by atoms with Crippen LogP contribution in [0.4, 0.5) is 0 Å². The lowest BCUT2D eigenvalue weighted by atomic mass is 9.84. The molecule has 0 bridgehead atoms. The standard InChI is InChI=1S/C34H48O9Si/c1-7-16-25(35)40-30-28(38)29(39)31(33(42-27(37)18-9-3)32(30)41-26(36)17-8-2)43-44(34(4,5)6,23-19-12-10-13-20-23)24-21-14-11-15-22-24/h10-15,19-22,28-33,38-39H,7-9,16-18H2,1-6H3/t28-,29+,30+,31+,32-,33-/m0/s1. The van der Waals surface area contributed by atoms with Crippen molar-refractivity contribution in [3.05, 3.63) is 60.7 Å². The van der Waals surface area contributed by atoms with Crippen LogP contribution in [0.25, 0.3) is 0 Å². The highest BCUT2D eigenvalue weighted by molar-refractivity contribution is 6.99. The van der Waals surface area contributed by atoms with Crippen LogP contribution in [0.3, 0.4) is 0 Å². The monoisotopic (exact) mass is 628 g/mol. The van der Waals surface area contributed by atoms with Crippen molar-refractivity contribution in [3.63, 3.8) is 0 Å². The van der Waals surface area contributed by atoms with Crippen LogP contribution in [0.1, 0.15) is 80.1 Å². The first-order valence-corrected chi connectivity index (χ1v) is 17.5. The van der Waals surface area contributed by atoms with Crippen LogP contribution in [0.15, 0.2) is 60.7 Å². The minimum Gasteiger partial charge on any atom is -0.455 e. The molecule has 242 valence electrons. The third kappa shape index (κ3) is 7.96. The van der Waals surface area contributed by atoms with Gasteiger partial charge in [-0.25, -0.2) is 0 Å². The molecule has 0 heterocycles. The van der Waals surface area contributed by atoms with Gasteiger partial charge in [-0.2, -0.15) is 0 Å². The Kier molecular flexibility index (Phi) is 12.7. The van der Waals surface area contributed by atoms with Gasteiger partial charge in [-0.05, 0) is 34.7 Å². The van der Waals surface area contributed by atoms with E-state index in [4.69, 9.17) is 18.6 Å². The van der Waals surface area contributed by atoms with Gasteiger partial charge in [-0.1, -0.05) is 102 Å².